The van der Waals surface area contributed by atoms with Crippen molar-refractivity contribution in [3.63, 3.8) is 0 Å². The fourth-order valence-corrected chi connectivity index (χ4v) is 4.92. The smallest absolute Gasteiger partial charge is 0.223 e. The third-order valence-electron chi connectivity index (χ3n) is 5.17. The van der Waals surface area contributed by atoms with Gasteiger partial charge >= 0.3 is 0 Å². The highest BCUT2D eigenvalue weighted by atomic mass is 32.2. The highest BCUT2D eigenvalue weighted by Crippen LogP contribution is 2.30. The van der Waals surface area contributed by atoms with Crippen molar-refractivity contribution in [1.29, 1.82) is 0 Å². The number of rotatable bonds is 6. The zero-order chi connectivity index (χ0) is 18.7. The van der Waals surface area contributed by atoms with Gasteiger partial charge in [0.15, 0.2) is 21.3 Å². The van der Waals surface area contributed by atoms with Gasteiger partial charge in [-0.3, -0.25) is 4.79 Å². The lowest BCUT2D eigenvalue weighted by molar-refractivity contribution is -0.131. The number of likely N-dealkylation sites (tertiary alicyclic amines) is 1. The molecule has 2 atom stereocenters. The van der Waals surface area contributed by atoms with E-state index in [4.69, 9.17) is 9.47 Å². The molecule has 8 heteroatoms. The first kappa shape index (κ1) is 19.0. The number of carbonyl (C=O) groups is 1. The van der Waals surface area contributed by atoms with E-state index < -0.39 is 9.84 Å². The molecular weight excluding hydrogens is 356 g/mol. The maximum atomic E-state index is 12.6. The number of nitrogens with one attached hydrogen (secondary N) is 1. The number of benzene rings is 1. The van der Waals surface area contributed by atoms with Crippen LogP contribution in [0.2, 0.25) is 0 Å². The molecule has 0 spiro atoms. The van der Waals surface area contributed by atoms with Crippen molar-refractivity contribution in [1.82, 2.24) is 10.2 Å². The number of amides is 1. The van der Waals surface area contributed by atoms with Crippen molar-refractivity contribution in [2.75, 3.05) is 33.1 Å². The SMILES string of the molecule is COc1ccc(S(=O)(=O)CCC(=O)N2CCC3CCC(C2)N3)cc1OC. The second kappa shape index (κ2) is 7.84. The summed E-state index contributed by atoms with van der Waals surface area (Å²) in [5.41, 5.74) is 0. The van der Waals surface area contributed by atoms with Gasteiger partial charge in [0.1, 0.15) is 0 Å². The van der Waals surface area contributed by atoms with Gasteiger partial charge in [0, 0.05) is 37.7 Å². The van der Waals surface area contributed by atoms with Gasteiger partial charge in [-0.1, -0.05) is 0 Å². The Labute approximate surface area is 154 Å². The fraction of sp³-hybridized carbons (Fsp3) is 0.611. The minimum absolute atomic E-state index is 0.00589. The van der Waals surface area contributed by atoms with Crippen LogP contribution in [0.3, 0.4) is 0 Å². The molecule has 2 unspecified atom stereocenters. The van der Waals surface area contributed by atoms with Crippen LogP contribution in [0, 0.1) is 0 Å². The Balaban J connectivity index is 1.63. The lowest BCUT2D eigenvalue weighted by Crippen LogP contribution is -2.39. The molecule has 7 nitrogen and oxygen atoms in total. The highest BCUT2D eigenvalue weighted by Gasteiger charge is 2.31. The molecule has 1 N–H and O–H groups in total. The molecule has 144 valence electrons. The predicted molar refractivity (Wildman–Crippen MR) is 97.4 cm³/mol. The van der Waals surface area contributed by atoms with Crippen molar-refractivity contribution >= 4 is 15.7 Å². The van der Waals surface area contributed by atoms with Crippen LogP contribution >= 0.6 is 0 Å². The van der Waals surface area contributed by atoms with Crippen LogP contribution in [0.15, 0.2) is 23.1 Å². The summed E-state index contributed by atoms with van der Waals surface area (Å²) in [5, 5.41) is 3.52. The molecule has 3 rings (SSSR count). The Morgan fingerprint density at radius 2 is 1.88 bits per heavy atom. The number of hydrogen-bond donors (Lipinski definition) is 1. The molecular formula is C18H26N2O5S. The minimum atomic E-state index is -3.57. The summed E-state index contributed by atoms with van der Waals surface area (Å²) in [6.07, 6.45) is 3.18. The van der Waals surface area contributed by atoms with Crippen LogP contribution in [-0.2, 0) is 14.6 Å². The first-order valence-corrected chi connectivity index (χ1v) is 10.6. The third kappa shape index (κ3) is 4.12. The van der Waals surface area contributed by atoms with Crippen LogP contribution < -0.4 is 14.8 Å². The molecule has 1 aromatic rings. The molecule has 1 amide bonds. The number of nitrogens with zero attached hydrogens (tertiary/aromatic N) is 1. The average molecular weight is 382 g/mol. The summed E-state index contributed by atoms with van der Waals surface area (Å²) >= 11 is 0. The molecule has 0 radical (unpaired) electrons. The lowest BCUT2D eigenvalue weighted by atomic mass is 10.1. The Bertz CT molecular complexity index is 765. The number of sulfone groups is 1. The molecule has 2 aliphatic rings. The summed E-state index contributed by atoms with van der Waals surface area (Å²) in [6, 6.07) is 5.32. The van der Waals surface area contributed by atoms with Gasteiger partial charge in [0.2, 0.25) is 5.91 Å². The Hall–Kier alpha value is -1.80. The number of methoxy groups -OCH3 is 2. The number of hydrogen-bond acceptors (Lipinski definition) is 6. The van der Waals surface area contributed by atoms with Crippen LogP contribution in [0.25, 0.3) is 0 Å². The van der Waals surface area contributed by atoms with E-state index in [0.717, 1.165) is 12.8 Å². The maximum absolute atomic E-state index is 12.6. The van der Waals surface area contributed by atoms with Crippen LogP contribution in [0.4, 0.5) is 0 Å². The normalized spacial score (nSPS) is 22.8. The van der Waals surface area contributed by atoms with Gasteiger partial charge in [-0.15, -0.1) is 0 Å². The van der Waals surface area contributed by atoms with E-state index in [2.05, 4.69) is 5.32 Å². The van der Waals surface area contributed by atoms with Gasteiger partial charge < -0.3 is 19.7 Å². The Morgan fingerprint density at radius 3 is 2.62 bits per heavy atom. The van der Waals surface area contributed by atoms with Crippen LogP contribution in [0.5, 0.6) is 11.5 Å². The first-order chi connectivity index (χ1) is 12.4. The molecule has 2 aliphatic heterocycles. The van der Waals surface area contributed by atoms with E-state index in [1.165, 1.54) is 32.8 Å². The van der Waals surface area contributed by atoms with Crippen molar-refractivity contribution in [3.05, 3.63) is 18.2 Å². The standard InChI is InChI=1S/C18H26N2O5S/c1-24-16-6-5-15(11-17(16)25-2)26(22,23)10-8-18(21)20-9-7-13-3-4-14(12-20)19-13/h5-6,11,13-14,19H,3-4,7-10,12H2,1-2H3. The summed E-state index contributed by atoms with van der Waals surface area (Å²) < 4.78 is 35.5. The fourth-order valence-electron chi connectivity index (χ4n) is 3.68. The summed E-state index contributed by atoms with van der Waals surface area (Å²) in [5.74, 6) is 0.520. The zero-order valence-electron chi connectivity index (χ0n) is 15.2. The van der Waals surface area contributed by atoms with Gasteiger partial charge in [-0.05, 0) is 31.4 Å². The van der Waals surface area contributed by atoms with Crippen LogP contribution in [-0.4, -0.2) is 64.4 Å². The molecule has 2 heterocycles. The molecule has 1 aromatic carbocycles. The van der Waals surface area contributed by atoms with Crippen molar-refractivity contribution in [3.8, 4) is 11.5 Å². The third-order valence-corrected chi connectivity index (χ3v) is 6.89. The predicted octanol–water partition coefficient (Wildman–Crippen LogP) is 1.22. The van der Waals surface area contributed by atoms with Gasteiger partial charge in [-0.25, -0.2) is 8.42 Å². The van der Waals surface area contributed by atoms with Crippen molar-refractivity contribution in [2.45, 2.75) is 42.7 Å². The number of ether oxygens (including phenoxy) is 2. The lowest BCUT2D eigenvalue weighted by Gasteiger charge is -2.24. The Morgan fingerprint density at radius 1 is 1.15 bits per heavy atom. The topological polar surface area (TPSA) is 84.9 Å². The Kier molecular flexibility index (Phi) is 5.72. The monoisotopic (exact) mass is 382 g/mol. The van der Waals surface area contributed by atoms with Crippen molar-refractivity contribution < 1.29 is 22.7 Å². The van der Waals surface area contributed by atoms with E-state index in [-0.39, 0.29) is 23.0 Å². The van der Waals surface area contributed by atoms with E-state index >= 15 is 0 Å². The number of fused-ring (bicyclic) bond motifs is 2. The molecule has 2 saturated heterocycles. The average Bonchev–Trinajstić information content (AvgIpc) is 2.97. The van der Waals surface area contributed by atoms with E-state index in [0.29, 0.717) is 36.7 Å². The molecule has 26 heavy (non-hydrogen) atoms. The van der Waals surface area contributed by atoms with Crippen molar-refractivity contribution in [2.24, 2.45) is 0 Å². The highest BCUT2D eigenvalue weighted by molar-refractivity contribution is 7.91. The largest absolute Gasteiger partial charge is 0.493 e. The maximum Gasteiger partial charge on any atom is 0.223 e. The van der Waals surface area contributed by atoms with E-state index in [1.807, 2.05) is 0 Å². The molecule has 2 fully saturated rings. The van der Waals surface area contributed by atoms with Gasteiger partial charge in [0.25, 0.3) is 0 Å². The number of carbonyl (C=O) groups excluding carboxylic acids is 1. The summed E-state index contributed by atoms with van der Waals surface area (Å²) in [4.78, 5) is 14.5. The van der Waals surface area contributed by atoms with E-state index in [1.54, 1.807) is 11.0 Å². The summed E-state index contributed by atoms with van der Waals surface area (Å²) in [6.45, 7) is 1.37. The molecule has 2 bridgehead atoms. The second-order valence-electron chi connectivity index (χ2n) is 6.85. The van der Waals surface area contributed by atoms with E-state index in [9.17, 15) is 13.2 Å². The first-order valence-electron chi connectivity index (χ1n) is 8.91. The molecule has 0 aliphatic carbocycles. The second-order valence-corrected chi connectivity index (χ2v) is 8.96. The zero-order valence-corrected chi connectivity index (χ0v) is 16.0. The van der Waals surface area contributed by atoms with Gasteiger partial charge in [0.05, 0.1) is 24.9 Å². The summed E-state index contributed by atoms with van der Waals surface area (Å²) in [7, 11) is -0.619. The molecule has 0 saturated carbocycles. The van der Waals surface area contributed by atoms with Crippen LogP contribution in [0.1, 0.15) is 25.7 Å². The van der Waals surface area contributed by atoms with Gasteiger partial charge in [-0.2, -0.15) is 0 Å². The minimum Gasteiger partial charge on any atom is -0.493 e. The molecule has 0 aromatic heterocycles. The quantitative estimate of drug-likeness (QED) is 0.796.